The van der Waals surface area contributed by atoms with Gasteiger partial charge in [0.1, 0.15) is 0 Å². The predicted molar refractivity (Wildman–Crippen MR) is 97.5 cm³/mol. The summed E-state index contributed by atoms with van der Waals surface area (Å²) in [6.45, 7) is 4.37. The summed E-state index contributed by atoms with van der Waals surface area (Å²) in [5.41, 5.74) is 2.87. The van der Waals surface area contributed by atoms with Crippen molar-refractivity contribution in [1.29, 1.82) is 0 Å². The number of pyridine rings is 2. The lowest BCUT2D eigenvalue weighted by Gasteiger charge is -2.11. The van der Waals surface area contributed by atoms with Gasteiger partial charge in [-0.15, -0.1) is 0 Å². The molecule has 0 aliphatic heterocycles. The van der Waals surface area contributed by atoms with Crippen LogP contribution in [-0.2, 0) is 6.54 Å². The van der Waals surface area contributed by atoms with Gasteiger partial charge in [0.2, 0.25) is 0 Å². The van der Waals surface area contributed by atoms with Crippen LogP contribution in [0.25, 0.3) is 22.0 Å². The van der Waals surface area contributed by atoms with Crippen LogP contribution in [0.5, 0.6) is 0 Å². The molecule has 0 radical (unpaired) electrons. The fourth-order valence-corrected chi connectivity index (χ4v) is 2.64. The largest absolute Gasteiger partial charge is 0.310 e. The molecule has 0 unspecified atom stereocenters. The van der Waals surface area contributed by atoms with E-state index in [2.05, 4.69) is 4.98 Å². The standard InChI is InChI=1S/C19H17N3O3/c1-13(2)8-10-21-12-17(14-5-3-6-15(11-14)22(24)25)18-16(19(21)23)7-4-9-20-18/h3-9,11-12H,10H2,1-2H3. The molecule has 25 heavy (non-hydrogen) atoms. The maximum atomic E-state index is 12.7. The van der Waals surface area contributed by atoms with Crippen LogP contribution < -0.4 is 5.56 Å². The Labute approximate surface area is 144 Å². The number of nitro groups is 1. The van der Waals surface area contributed by atoms with E-state index >= 15 is 0 Å². The second-order valence-corrected chi connectivity index (χ2v) is 5.99. The highest BCUT2D eigenvalue weighted by Crippen LogP contribution is 2.28. The number of nitro benzene ring substituents is 1. The summed E-state index contributed by atoms with van der Waals surface area (Å²) < 4.78 is 1.60. The highest BCUT2D eigenvalue weighted by atomic mass is 16.6. The lowest BCUT2D eigenvalue weighted by molar-refractivity contribution is -0.384. The Bertz CT molecular complexity index is 1050. The molecule has 0 fully saturated rings. The van der Waals surface area contributed by atoms with Gasteiger partial charge in [0, 0.05) is 36.6 Å². The van der Waals surface area contributed by atoms with E-state index in [0.29, 0.717) is 28.6 Å². The third-order valence-electron chi connectivity index (χ3n) is 3.90. The van der Waals surface area contributed by atoms with Gasteiger partial charge in [0.05, 0.1) is 15.8 Å². The van der Waals surface area contributed by atoms with Gasteiger partial charge < -0.3 is 4.57 Å². The first kappa shape index (κ1) is 16.6. The van der Waals surface area contributed by atoms with E-state index in [1.165, 1.54) is 12.1 Å². The molecule has 3 aromatic rings. The Morgan fingerprint density at radius 2 is 2.08 bits per heavy atom. The Morgan fingerprint density at radius 1 is 1.28 bits per heavy atom. The van der Waals surface area contributed by atoms with Gasteiger partial charge in [-0.3, -0.25) is 19.9 Å². The van der Waals surface area contributed by atoms with E-state index in [-0.39, 0.29) is 11.2 Å². The van der Waals surface area contributed by atoms with Gasteiger partial charge in [-0.1, -0.05) is 23.8 Å². The van der Waals surface area contributed by atoms with E-state index in [0.717, 1.165) is 5.57 Å². The predicted octanol–water partition coefficient (Wildman–Crippen LogP) is 3.94. The van der Waals surface area contributed by atoms with Crippen molar-refractivity contribution in [2.24, 2.45) is 0 Å². The van der Waals surface area contributed by atoms with Crippen LogP contribution in [0.2, 0.25) is 0 Å². The third-order valence-corrected chi connectivity index (χ3v) is 3.90. The minimum absolute atomic E-state index is 0.00336. The maximum Gasteiger partial charge on any atom is 0.270 e. The van der Waals surface area contributed by atoms with Crippen LogP contribution in [0.1, 0.15) is 13.8 Å². The molecular formula is C19H17N3O3. The van der Waals surface area contributed by atoms with Crippen molar-refractivity contribution in [3.05, 3.63) is 80.9 Å². The van der Waals surface area contributed by atoms with Crippen LogP contribution in [0.4, 0.5) is 5.69 Å². The molecule has 0 saturated heterocycles. The van der Waals surface area contributed by atoms with Crippen molar-refractivity contribution in [1.82, 2.24) is 9.55 Å². The molecule has 0 amide bonds. The lowest BCUT2D eigenvalue weighted by Crippen LogP contribution is -2.20. The normalized spacial score (nSPS) is 10.6. The molecule has 3 rings (SSSR count). The molecule has 2 heterocycles. The van der Waals surface area contributed by atoms with E-state index in [4.69, 9.17) is 0 Å². The number of nitrogens with zero attached hydrogens (tertiary/aromatic N) is 3. The number of hydrogen-bond donors (Lipinski definition) is 0. The second-order valence-electron chi connectivity index (χ2n) is 5.99. The van der Waals surface area contributed by atoms with Gasteiger partial charge in [0.15, 0.2) is 0 Å². The fourth-order valence-electron chi connectivity index (χ4n) is 2.64. The molecule has 0 aliphatic carbocycles. The van der Waals surface area contributed by atoms with Crippen molar-refractivity contribution in [3.8, 4) is 11.1 Å². The smallest absolute Gasteiger partial charge is 0.270 e. The molecule has 126 valence electrons. The van der Waals surface area contributed by atoms with E-state index in [1.807, 2.05) is 19.9 Å². The third kappa shape index (κ3) is 3.33. The zero-order chi connectivity index (χ0) is 18.0. The molecule has 2 aromatic heterocycles. The molecule has 0 aliphatic rings. The van der Waals surface area contributed by atoms with Crippen molar-refractivity contribution in [2.45, 2.75) is 20.4 Å². The molecule has 0 spiro atoms. The minimum Gasteiger partial charge on any atom is -0.310 e. The Hall–Kier alpha value is -3.28. The van der Waals surface area contributed by atoms with Crippen LogP contribution in [0.15, 0.2) is 65.2 Å². The highest BCUT2D eigenvalue weighted by Gasteiger charge is 2.13. The van der Waals surface area contributed by atoms with Crippen molar-refractivity contribution >= 4 is 16.6 Å². The van der Waals surface area contributed by atoms with Crippen LogP contribution >= 0.6 is 0 Å². The number of benzene rings is 1. The first-order valence-corrected chi connectivity index (χ1v) is 7.84. The highest BCUT2D eigenvalue weighted by molar-refractivity contribution is 5.92. The molecule has 6 nitrogen and oxygen atoms in total. The maximum absolute atomic E-state index is 12.7. The van der Waals surface area contributed by atoms with Gasteiger partial charge in [-0.05, 0) is 31.5 Å². The number of hydrogen-bond acceptors (Lipinski definition) is 4. The zero-order valence-corrected chi connectivity index (χ0v) is 14.0. The molecule has 0 saturated carbocycles. The van der Waals surface area contributed by atoms with E-state index < -0.39 is 4.92 Å². The summed E-state index contributed by atoms with van der Waals surface area (Å²) in [6, 6.07) is 9.80. The summed E-state index contributed by atoms with van der Waals surface area (Å²) in [5.74, 6) is 0. The van der Waals surface area contributed by atoms with Crippen LogP contribution in [0, 0.1) is 10.1 Å². The van der Waals surface area contributed by atoms with Gasteiger partial charge in [0.25, 0.3) is 11.2 Å². The van der Waals surface area contributed by atoms with E-state index in [1.54, 1.807) is 41.2 Å². The van der Waals surface area contributed by atoms with Crippen LogP contribution in [-0.4, -0.2) is 14.5 Å². The first-order chi connectivity index (χ1) is 12.0. The number of aromatic nitrogens is 2. The Balaban J connectivity index is 2.28. The topological polar surface area (TPSA) is 78.0 Å². The molecule has 1 aromatic carbocycles. The minimum atomic E-state index is -0.432. The molecule has 0 N–H and O–H groups in total. The Morgan fingerprint density at radius 3 is 2.80 bits per heavy atom. The zero-order valence-electron chi connectivity index (χ0n) is 14.0. The molecule has 0 bridgehead atoms. The summed E-state index contributed by atoms with van der Waals surface area (Å²) >= 11 is 0. The summed E-state index contributed by atoms with van der Waals surface area (Å²) in [4.78, 5) is 27.7. The van der Waals surface area contributed by atoms with Gasteiger partial charge in [-0.2, -0.15) is 0 Å². The number of fused-ring (bicyclic) bond motifs is 1. The van der Waals surface area contributed by atoms with Crippen molar-refractivity contribution < 1.29 is 4.92 Å². The quantitative estimate of drug-likeness (QED) is 0.411. The average molecular weight is 335 g/mol. The molecular weight excluding hydrogens is 318 g/mol. The summed E-state index contributed by atoms with van der Waals surface area (Å²) in [6.07, 6.45) is 5.29. The van der Waals surface area contributed by atoms with Gasteiger partial charge >= 0.3 is 0 Å². The summed E-state index contributed by atoms with van der Waals surface area (Å²) in [5, 5.41) is 11.6. The second kappa shape index (κ2) is 6.68. The number of allylic oxidation sites excluding steroid dienone is 2. The fraction of sp³-hybridized carbons (Fsp3) is 0.158. The van der Waals surface area contributed by atoms with Crippen molar-refractivity contribution in [3.63, 3.8) is 0 Å². The first-order valence-electron chi connectivity index (χ1n) is 7.84. The van der Waals surface area contributed by atoms with Crippen molar-refractivity contribution in [2.75, 3.05) is 0 Å². The average Bonchev–Trinajstić information content (AvgIpc) is 2.61. The van der Waals surface area contributed by atoms with Gasteiger partial charge in [-0.25, -0.2) is 0 Å². The molecule has 6 heteroatoms. The lowest BCUT2D eigenvalue weighted by atomic mass is 10.0. The SMILES string of the molecule is CC(C)=CCn1cc(-c2cccc([N+](=O)[O-])c2)c2ncccc2c1=O. The van der Waals surface area contributed by atoms with E-state index in [9.17, 15) is 14.9 Å². The molecule has 0 atom stereocenters. The number of rotatable bonds is 4. The number of non-ortho nitro benzene ring substituents is 1. The van der Waals surface area contributed by atoms with Crippen LogP contribution in [0.3, 0.4) is 0 Å². The summed E-state index contributed by atoms with van der Waals surface area (Å²) in [7, 11) is 0. The monoisotopic (exact) mass is 335 g/mol. The Kier molecular flexibility index (Phi) is 4.43.